The Morgan fingerprint density at radius 3 is 1.67 bits per heavy atom. The molecule has 0 spiro atoms. The third kappa shape index (κ3) is 2.63. The van der Waals surface area contributed by atoms with Gasteiger partial charge in [0, 0.05) is 13.2 Å². The molecule has 0 bridgehead atoms. The van der Waals surface area contributed by atoms with E-state index in [4.69, 9.17) is 14.2 Å². The highest BCUT2D eigenvalue weighted by atomic mass is 16.5. The van der Waals surface area contributed by atoms with Crippen LogP contribution < -0.4 is 9.47 Å². The maximum absolute atomic E-state index is 5.41. The molecule has 0 saturated carbocycles. The lowest BCUT2D eigenvalue weighted by Crippen LogP contribution is -2.19. The zero-order valence-corrected chi connectivity index (χ0v) is 9.96. The van der Waals surface area contributed by atoms with E-state index in [-0.39, 0.29) is 5.60 Å². The zero-order chi connectivity index (χ0) is 11.5. The third-order valence-corrected chi connectivity index (χ3v) is 2.56. The molecule has 84 valence electrons. The summed E-state index contributed by atoms with van der Waals surface area (Å²) in [4.78, 5) is 0. The van der Waals surface area contributed by atoms with Crippen LogP contribution in [-0.4, -0.2) is 21.3 Å². The van der Waals surface area contributed by atoms with Gasteiger partial charge in [-0.1, -0.05) is 0 Å². The van der Waals surface area contributed by atoms with Gasteiger partial charge in [-0.3, -0.25) is 0 Å². The quantitative estimate of drug-likeness (QED) is 0.764. The lowest BCUT2D eigenvalue weighted by atomic mass is 9.97. The number of rotatable bonds is 4. The highest BCUT2D eigenvalue weighted by Crippen LogP contribution is 2.31. The van der Waals surface area contributed by atoms with Crippen molar-refractivity contribution in [3.63, 3.8) is 0 Å². The summed E-state index contributed by atoms with van der Waals surface area (Å²) in [6.07, 6.45) is 0. The first-order valence-corrected chi connectivity index (χ1v) is 4.82. The molecule has 1 aromatic rings. The molecule has 0 saturated heterocycles. The largest absolute Gasteiger partial charge is 0.497 e. The summed E-state index contributed by atoms with van der Waals surface area (Å²) in [5.41, 5.74) is 0.683. The molecule has 15 heavy (non-hydrogen) atoms. The third-order valence-electron chi connectivity index (χ3n) is 2.56. The van der Waals surface area contributed by atoms with Gasteiger partial charge in [-0.25, -0.2) is 0 Å². The molecule has 3 nitrogen and oxygen atoms in total. The Hall–Kier alpha value is -1.22. The second kappa shape index (κ2) is 4.53. The molecule has 0 atom stereocenters. The standard InChI is InChI=1S/C12H18O3/c1-12(2,15-5)9-6-10(13-3)8-11(7-9)14-4/h6-8H,1-5H3. The molecule has 3 heteroatoms. The lowest BCUT2D eigenvalue weighted by molar-refractivity contribution is 0.0189. The van der Waals surface area contributed by atoms with Crippen molar-refractivity contribution in [2.45, 2.75) is 19.4 Å². The number of methoxy groups -OCH3 is 3. The molecule has 1 aromatic carbocycles. The minimum absolute atomic E-state index is 0.345. The first kappa shape index (κ1) is 11.9. The number of hydrogen-bond acceptors (Lipinski definition) is 3. The average molecular weight is 210 g/mol. The van der Waals surface area contributed by atoms with E-state index < -0.39 is 0 Å². The number of hydrogen-bond donors (Lipinski definition) is 0. The van der Waals surface area contributed by atoms with Crippen molar-refractivity contribution in [2.24, 2.45) is 0 Å². The molecule has 0 amide bonds. The monoisotopic (exact) mass is 210 g/mol. The fourth-order valence-electron chi connectivity index (χ4n) is 1.27. The summed E-state index contributed by atoms with van der Waals surface area (Å²) in [5.74, 6) is 1.55. The van der Waals surface area contributed by atoms with Gasteiger partial charge in [0.2, 0.25) is 0 Å². The second-order valence-electron chi connectivity index (χ2n) is 3.82. The molecule has 0 aromatic heterocycles. The normalized spacial score (nSPS) is 11.3. The maximum atomic E-state index is 5.41. The molecule has 0 aliphatic carbocycles. The van der Waals surface area contributed by atoms with E-state index >= 15 is 0 Å². The van der Waals surface area contributed by atoms with Crippen LogP contribution in [-0.2, 0) is 10.3 Å². The summed E-state index contributed by atoms with van der Waals surface area (Å²) in [7, 11) is 4.96. The Balaban J connectivity index is 3.18. The summed E-state index contributed by atoms with van der Waals surface area (Å²) in [6, 6.07) is 5.74. The van der Waals surface area contributed by atoms with Crippen molar-refractivity contribution < 1.29 is 14.2 Å². The first-order valence-electron chi connectivity index (χ1n) is 4.82. The first-order chi connectivity index (χ1) is 7.03. The van der Waals surface area contributed by atoms with Crippen molar-refractivity contribution in [1.29, 1.82) is 0 Å². The van der Waals surface area contributed by atoms with Crippen LogP contribution >= 0.6 is 0 Å². The van der Waals surface area contributed by atoms with Crippen LogP contribution in [0.4, 0.5) is 0 Å². The van der Waals surface area contributed by atoms with E-state index in [1.165, 1.54) is 0 Å². The van der Waals surface area contributed by atoms with Gasteiger partial charge in [0.15, 0.2) is 0 Å². The summed E-state index contributed by atoms with van der Waals surface area (Å²) < 4.78 is 15.8. The van der Waals surface area contributed by atoms with Crippen molar-refractivity contribution in [1.82, 2.24) is 0 Å². The van der Waals surface area contributed by atoms with E-state index in [1.807, 2.05) is 32.0 Å². The minimum Gasteiger partial charge on any atom is -0.497 e. The van der Waals surface area contributed by atoms with E-state index in [2.05, 4.69) is 0 Å². The second-order valence-corrected chi connectivity index (χ2v) is 3.82. The Morgan fingerprint density at radius 1 is 0.867 bits per heavy atom. The van der Waals surface area contributed by atoms with Crippen molar-refractivity contribution >= 4 is 0 Å². The summed E-state index contributed by atoms with van der Waals surface area (Å²) in [5, 5.41) is 0. The van der Waals surface area contributed by atoms with Gasteiger partial charge in [-0.2, -0.15) is 0 Å². The fraction of sp³-hybridized carbons (Fsp3) is 0.500. The van der Waals surface area contributed by atoms with Crippen LogP contribution in [0.3, 0.4) is 0 Å². The molecular weight excluding hydrogens is 192 g/mol. The number of ether oxygens (including phenoxy) is 3. The number of benzene rings is 1. The molecule has 0 heterocycles. The molecule has 0 radical (unpaired) electrons. The van der Waals surface area contributed by atoms with Gasteiger partial charge in [-0.15, -0.1) is 0 Å². The zero-order valence-electron chi connectivity index (χ0n) is 9.96. The molecule has 0 aliphatic rings. The van der Waals surface area contributed by atoms with E-state index in [0.717, 1.165) is 17.1 Å². The molecular formula is C12H18O3. The van der Waals surface area contributed by atoms with Gasteiger partial charge in [0.05, 0.1) is 19.8 Å². The highest BCUT2D eigenvalue weighted by molar-refractivity contribution is 5.40. The van der Waals surface area contributed by atoms with Crippen LogP contribution in [0.2, 0.25) is 0 Å². The van der Waals surface area contributed by atoms with Gasteiger partial charge in [0.1, 0.15) is 11.5 Å². The van der Waals surface area contributed by atoms with Crippen LogP contribution in [0.25, 0.3) is 0 Å². The SMILES string of the molecule is COc1cc(OC)cc(C(C)(C)OC)c1. The predicted octanol–water partition coefficient (Wildman–Crippen LogP) is 2.59. The van der Waals surface area contributed by atoms with Crippen LogP contribution in [0.1, 0.15) is 19.4 Å². The fourth-order valence-corrected chi connectivity index (χ4v) is 1.27. The predicted molar refractivity (Wildman–Crippen MR) is 59.6 cm³/mol. The molecule has 1 rings (SSSR count). The molecule has 0 fully saturated rings. The average Bonchev–Trinajstić information content (AvgIpc) is 2.28. The molecule has 0 N–H and O–H groups in total. The summed E-state index contributed by atoms with van der Waals surface area (Å²) in [6.45, 7) is 4.00. The Morgan fingerprint density at radius 2 is 1.33 bits per heavy atom. The van der Waals surface area contributed by atoms with E-state index in [9.17, 15) is 0 Å². The molecule has 0 aliphatic heterocycles. The Labute approximate surface area is 91.0 Å². The van der Waals surface area contributed by atoms with Crippen molar-refractivity contribution in [3.8, 4) is 11.5 Å². The van der Waals surface area contributed by atoms with Gasteiger partial charge >= 0.3 is 0 Å². The highest BCUT2D eigenvalue weighted by Gasteiger charge is 2.21. The topological polar surface area (TPSA) is 27.7 Å². The minimum atomic E-state index is -0.345. The summed E-state index contributed by atoms with van der Waals surface area (Å²) >= 11 is 0. The van der Waals surface area contributed by atoms with Gasteiger partial charge < -0.3 is 14.2 Å². The van der Waals surface area contributed by atoms with Crippen LogP contribution in [0.15, 0.2) is 18.2 Å². The Bertz CT molecular complexity index is 309. The van der Waals surface area contributed by atoms with Gasteiger partial charge in [-0.05, 0) is 31.5 Å². The van der Waals surface area contributed by atoms with E-state index in [0.29, 0.717) is 0 Å². The van der Waals surface area contributed by atoms with Crippen LogP contribution in [0, 0.1) is 0 Å². The van der Waals surface area contributed by atoms with Crippen molar-refractivity contribution in [3.05, 3.63) is 23.8 Å². The lowest BCUT2D eigenvalue weighted by Gasteiger charge is -2.24. The molecule has 0 unspecified atom stereocenters. The Kier molecular flexibility index (Phi) is 3.58. The van der Waals surface area contributed by atoms with Crippen molar-refractivity contribution in [2.75, 3.05) is 21.3 Å². The van der Waals surface area contributed by atoms with E-state index in [1.54, 1.807) is 21.3 Å². The smallest absolute Gasteiger partial charge is 0.122 e. The maximum Gasteiger partial charge on any atom is 0.122 e. The van der Waals surface area contributed by atoms with Gasteiger partial charge in [0.25, 0.3) is 0 Å². The van der Waals surface area contributed by atoms with Crippen LogP contribution in [0.5, 0.6) is 11.5 Å².